The third-order valence-corrected chi connectivity index (χ3v) is 3.04. The van der Waals surface area contributed by atoms with Crippen molar-refractivity contribution in [3.8, 4) is 0 Å². The van der Waals surface area contributed by atoms with E-state index in [9.17, 15) is 0 Å². The number of aryl methyl sites for hydroxylation is 1. The van der Waals surface area contributed by atoms with Crippen LogP contribution in [-0.4, -0.2) is 5.88 Å². The molecule has 1 aromatic rings. The first kappa shape index (κ1) is 10.8. The van der Waals surface area contributed by atoms with Crippen molar-refractivity contribution in [2.24, 2.45) is 0 Å². The van der Waals surface area contributed by atoms with Crippen LogP contribution in [0.5, 0.6) is 0 Å². The quantitative estimate of drug-likeness (QED) is 0.640. The fourth-order valence-corrected chi connectivity index (χ4v) is 2.18. The van der Waals surface area contributed by atoms with Crippen LogP contribution in [0.1, 0.15) is 30.2 Å². The molecule has 0 aliphatic carbocycles. The zero-order valence-electron chi connectivity index (χ0n) is 7.92. The Labute approximate surface area is 89.2 Å². The van der Waals surface area contributed by atoms with E-state index in [0.717, 1.165) is 0 Å². The smallest absolute Gasteiger partial charge is 0.0407 e. The molecule has 1 rings (SSSR count). The Hall–Kier alpha value is -0.270. The van der Waals surface area contributed by atoms with Gasteiger partial charge in [-0.25, -0.2) is 0 Å². The number of unbranched alkanes of at least 4 members (excludes halogenated alkanes) is 1. The first-order valence-electron chi connectivity index (χ1n) is 4.67. The van der Waals surface area contributed by atoms with E-state index < -0.39 is 0 Å². The largest absolute Gasteiger partial charge is 0.144 e. The summed E-state index contributed by atoms with van der Waals surface area (Å²) in [5.41, 5.74) is 1.47. The molecule has 0 saturated heterocycles. The maximum Gasteiger partial charge on any atom is 0.0407 e. The number of rotatable bonds is 5. The lowest BCUT2D eigenvalue weighted by molar-refractivity contribution is 0.796. The third kappa shape index (κ3) is 3.53. The van der Waals surface area contributed by atoms with E-state index in [4.69, 9.17) is 11.6 Å². The predicted molar refractivity (Wildman–Crippen MR) is 62.7 cm³/mol. The molecule has 0 amide bonds. The second-order valence-corrected chi connectivity index (χ2v) is 4.23. The molecule has 0 radical (unpaired) electrons. The van der Waals surface area contributed by atoms with Gasteiger partial charge in [0.2, 0.25) is 0 Å². The molecule has 0 aliphatic rings. The fourth-order valence-electron chi connectivity index (χ4n) is 1.22. The van der Waals surface area contributed by atoms with Crippen LogP contribution in [0.4, 0.5) is 0 Å². The molecular weight excluding hydrogens is 200 g/mol. The summed E-state index contributed by atoms with van der Waals surface area (Å²) in [6.07, 6.45) is 7.86. The molecule has 0 bridgehead atoms. The van der Waals surface area contributed by atoms with Gasteiger partial charge in [0.1, 0.15) is 0 Å². The topological polar surface area (TPSA) is 0 Å². The van der Waals surface area contributed by atoms with Crippen molar-refractivity contribution < 1.29 is 0 Å². The zero-order valence-corrected chi connectivity index (χ0v) is 9.50. The molecule has 0 aromatic carbocycles. The molecule has 1 aromatic heterocycles. The Morgan fingerprint density at radius 3 is 3.08 bits per heavy atom. The highest BCUT2D eigenvalue weighted by atomic mass is 35.5. The molecule has 0 aliphatic heterocycles. The molecule has 0 spiro atoms. The monoisotopic (exact) mass is 214 g/mol. The van der Waals surface area contributed by atoms with Crippen LogP contribution < -0.4 is 0 Å². The van der Waals surface area contributed by atoms with Gasteiger partial charge in [0, 0.05) is 10.8 Å². The second kappa shape index (κ2) is 6.22. The van der Waals surface area contributed by atoms with Gasteiger partial charge in [0.25, 0.3) is 0 Å². The Kier molecular flexibility index (Phi) is 5.18. The highest BCUT2D eigenvalue weighted by molar-refractivity contribution is 7.11. The van der Waals surface area contributed by atoms with Crippen molar-refractivity contribution in [3.05, 3.63) is 28.0 Å². The Morgan fingerprint density at radius 2 is 2.38 bits per heavy atom. The molecule has 72 valence electrons. The van der Waals surface area contributed by atoms with Crippen molar-refractivity contribution in [2.75, 3.05) is 5.88 Å². The summed E-state index contributed by atoms with van der Waals surface area (Å²) in [6.45, 7) is 2.22. The third-order valence-electron chi connectivity index (χ3n) is 1.94. The molecule has 2 heteroatoms. The number of halogens is 1. The van der Waals surface area contributed by atoms with Crippen LogP contribution in [0.25, 0.3) is 6.08 Å². The number of hydrogen-bond donors (Lipinski definition) is 0. The van der Waals surface area contributed by atoms with Gasteiger partial charge in [-0.2, -0.15) is 0 Å². The summed E-state index contributed by atoms with van der Waals surface area (Å²) in [7, 11) is 0. The van der Waals surface area contributed by atoms with E-state index in [1.165, 1.54) is 29.7 Å². The van der Waals surface area contributed by atoms with Gasteiger partial charge in [-0.1, -0.05) is 19.4 Å². The fraction of sp³-hybridized carbons (Fsp3) is 0.455. The van der Waals surface area contributed by atoms with E-state index >= 15 is 0 Å². The standard InChI is InChI=1S/C11H15ClS/c1-2-3-5-10-7-9-13-11(10)6-4-8-12/h4,6-7,9H,2-3,5,8H2,1H3. The van der Waals surface area contributed by atoms with E-state index in [2.05, 4.69) is 24.4 Å². The summed E-state index contributed by atoms with van der Waals surface area (Å²) in [4.78, 5) is 1.37. The van der Waals surface area contributed by atoms with Gasteiger partial charge in [-0.05, 0) is 35.9 Å². The molecule has 13 heavy (non-hydrogen) atoms. The maximum atomic E-state index is 5.59. The number of hydrogen-bond acceptors (Lipinski definition) is 1. The second-order valence-electron chi connectivity index (χ2n) is 2.97. The van der Waals surface area contributed by atoms with Crippen molar-refractivity contribution in [1.82, 2.24) is 0 Å². The number of alkyl halides is 1. The van der Waals surface area contributed by atoms with Gasteiger partial charge in [-0.3, -0.25) is 0 Å². The summed E-state index contributed by atoms with van der Waals surface area (Å²) < 4.78 is 0. The molecule has 0 fully saturated rings. The predicted octanol–water partition coefficient (Wildman–Crippen LogP) is 4.34. The van der Waals surface area contributed by atoms with Crippen molar-refractivity contribution >= 4 is 29.0 Å². The average molecular weight is 215 g/mol. The van der Waals surface area contributed by atoms with Gasteiger partial charge >= 0.3 is 0 Å². The minimum atomic E-state index is 0.602. The number of thiophene rings is 1. The highest BCUT2D eigenvalue weighted by Crippen LogP contribution is 2.20. The molecule has 1 heterocycles. The number of allylic oxidation sites excluding steroid dienone is 1. The molecule has 0 nitrogen and oxygen atoms in total. The van der Waals surface area contributed by atoms with Crippen LogP contribution in [0, 0.1) is 0 Å². The van der Waals surface area contributed by atoms with E-state index in [1.54, 1.807) is 11.3 Å². The lowest BCUT2D eigenvalue weighted by Crippen LogP contribution is -1.83. The van der Waals surface area contributed by atoms with Crippen LogP contribution >= 0.6 is 22.9 Å². The summed E-state index contributed by atoms with van der Waals surface area (Å²) >= 11 is 7.39. The molecule has 0 atom stereocenters. The van der Waals surface area contributed by atoms with E-state index in [0.29, 0.717) is 5.88 Å². The minimum absolute atomic E-state index is 0.602. The van der Waals surface area contributed by atoms with E-state index in [1.807, 2.05) is 6.08 Å². The normalized spacial score (nSPS) is 11.2. The van der Waals surface area contributed by atoms with Gasteiger partial charge in [-0.15, -0.1) is 22.9 Å². The Morgan fingerprint density at radius 1 is 1.54 bits per heavy atom. The van der Waals surface area contributed by atoms with Crippen molar-refractivity contribution in [3.63, 3.8) is 0 Å². The zero-order chi connectivity index (χ0) is 9.52. The van der Waals surface area contributed by atoms with Gasteiger partial charge in [0.15, 0.2) is 0 Å². The first-order valence-corrected chi connectivity index (χ1v) is 6.08. The lowest BCUT2D eigenvalue weighted by atomic mass is 10.1. The molecule has 0 saturated carbocycles. The van der Waals surface area contributed by atoms with Crippen LogP contribution in [0.2, 0.25) is 0 Å². The summed E-state index contributed by atoms with van der Waals surface area (Å²) in [5, 5.41) is 2.15. The summed E-state index contributed by atoms with van der Waals surface area (Å²) in [5.74, 6) is 0.602. The maximum absolute atomic E-state index is 5.59. The van der Waals surface area contributed by atoms with E-state index in [-0.39, 0.29) is 0 Å². The minimum Gasteiger partial charge on any atom is -0.144 e. The van der Waals surface area contributed by atoms with Gasteiger partial charge in [0.05, 0.1) is 0 Å². The Balaban J connectivity index is 2.60. The van der Waals surface area contributed by atoms with Crippen LogP contribution in [0.15, 0.2) is 17.5 Å². The highest BCUT2D eigenvalue weighted by Gasteiger charge is 1.99. The van der Waals surface area contributed by atoms with Crippen LogP contribution in [-0.2, 0) is 6.42 Å². The van der Waals surface area contributed by atoms with Crippen molar-refractivity contribution in [2.45, 2.75) is 26.2 Å². The molecular formula is C11H15ClS. The van der Waals surface area contributed by atoms with Crippen molar-refractivity contribution in [1.29, 1.82) is 0 Å². The SMILES string of the molecule is CCCCc1ccsc1C=CCCl. The first-order chi connectivity index (χ1) is 6.38. The Bertz CT molecular complexity index is 263. The van der Waals surface area contributed by atoms with Gasteiger partial charge < -0.3 is 0 Å². The molecule has 0 N–H and O–H groups in total. The average Bonchev–Trinajstić information content (AvgIpc) is 2.59. The summed E-state index contributed by atoms with van der Waals surface area (Å²) in [6, 6.07) is 2.22. The van der Waals surface area contributed by atoms with Crippen LogP contribution in [0.3, 0.4) is 0 Å². The molecule has 0 unspecified atom stereocenters. The lowest BCUT2D eigenvalue weighted by Gasteiger charge is -1.97.